The van der Waals surface area contributed by atoms with Crippen molar-refractivity contribution in [2.24, 2.45) is 5.73 Å². The van der Waals surface area contributed by atoms with Gasteiger partial charge < -0.3 is 10.8 Å². The van der Waals surface area contributed by atoms with Crippen LogP contribution in [0.25, 0.3) is 0 Å². The van der Waals surface area contributed by atoms with Crippen LogP contribution in [0.1, 0.15) is 11.6 Å². The molecule has 0 radical (unpaired) electrons. The van der Waals surface area contributed by atoms with E-state index in [1.165, 1.54) is 6.07 Å². The van der Waals surface area contributed by atoms with Crippen LogP contribution in [-0.2, 0) is 0 Å². The van der Waals surface area contributed by atoms with E-state index in [1.807, 2.05) is 0 Å². The minimum Gasteiger partial charge on any atom is -0.505 e. The molecule has 0 aliphatic heterocycles. The lowest BCUT2D eigenvalue weighted by Crippen LogP contribution is -2.08. The first-order valence-corrected chi connectivity index (χ1v) is 4.19. The Morgan fingerprint density at radius 1 is 1.62 bits per heavy atom. The Morgan fingerprint density at radius 2 is 2.23 bits per heavy atom. The molecular weight excluding hydrogens is 239 g/mol. The lowest BCUT2D eigenvalue weighted by Gasteiger charge is -2.08. The smallest absolute Gasteiger partial charge is 0.165 e. The number of rotatable bonds is 1. The van der Waals surface area contributed by atoms with Gasteiger partial charge in [0.25, 0.3) is 0 Å². The van der Waals surface area contributed by atoms with E-state index >= 15 is 0 Å². The minimum atomic E-state index is -1.04. The second kappa shape index (κ2) is 3.73. The number of halogens is 2. The van der Waals surface area contributed by atoms with Crippen molar-refractivity contribution in [1.29, 1.82) is 5.26 Å². The molecule has 5 heteroatoms. The van der Waals surface area contributed by atoms with Gasteiger partial charge >= 0.3 is 0 Å². The average molecular weight is 245 g/mol. The Morgan fingerprint density at radius 3 is 2.77 bits per heavy atom. The first kappa shape index (κ1) is 9.96. The monoisotopic (exact) mass is 244 g/mol. The molecule has 1 rings (SSSR count). The van der Waals surface area contributed by atoms with E-state index in [0.717, 1.165) is 6.07 Å². The van der Waals surface area contributed by atoms with E-state index in [1.54, 1.807) is 6.07 Å². The van der Waals surface area contributed by atoms with Crippen LogP contribution in [0.2, 0.25) is 0 Å². The topological polar surface area (TPSA) is 70.0 Å². The summed E-state index contributed by atoms with van der Waals surface area (Å²) in [7, 11) is 0. The van der Waals surface area contributed by atoms with E-state index < -0.39 is 17.6 Å². The zero-order chi connectivity index (χ0) is 10.0. The Kier molecular flexibility index (Phi) is 2.86. The summed E-state index contributed by atoms with van der Waals surface area (Å²) in [5, 5.41) is 17.7. The molecule has 1 aromatic rings. The summed E-state index contributed by atoms with van der Waals surface area (Å²) >= 11 is 3.06. The molecule has 0 saturated carbocycles. The third kappa shape index (κ3) is 1.79. The van der Waals surface area contributed by atoms with Crippen LogP contribution in [0.4, 0.5) is 4.39 Å². The van der Waals surface area contributed by atoms with Crippen LogP contribution in [0, 0.1) is 17.1 Å². The van der Waals surface area contributed by atoms with Crippen molar-refractivity contribution in [3.63, 3.8) is 0 Å². The number of phenolic OH excluding ortho intramolecular Hbond substituents is 1. The fourth-order valence-corrected chi connectivity index (χ4v) is 1.48. The van der Waals surface area contributed by atoms with Crippen molar-refractivity contribution < 1.29 is 9.50 Å². The maximum absolute atomic E-state index is 12.8. The van der Waals surface area contributed by atoms with Crippen LogP contribution in [-0.4, -0.2) is 5.11 Å². The summed E-state index contributed by atoms with van der Waals surface area (Å²) in [4.78, 5) is 0. The zero-order valence-electron chi connectivity index (χ0n) is 6.46. The number of nitriles is 1. The molecule has 0 fully saturated rings. The van der Waals surface area contributed by atoms with E-state index in [0.29, 0.717) is 4.47 Å². The molecule has 0 aliphatic carbocycles. The summed E-state index contributed by atoms with van der Waals surface area (Å²) in [6.07, 6.45) is 0. The molecule has 0 saturated heterocycles. The van der Waals surface area contributed by atoms with Crippen LogP contribution >= 0.6 is 15.9 Å². The summed E-state index contributed by atoms with van der Waals surface area (Å²) in [6.45, 7) is 0. The highest BCUT2D eigenvalue weighted by molar-refractivity contribution is 9.10. The van der Waals surface area contributed by atoms with Gasteiger partial charge in [-0.05, 0) is 12.1 Å². The maximum atomic E-state index is 12.8. The van der Waals surface area contributed by atoms with E-state index in [2.05, 4.69) is 15.9 Å². The van der Waals surface area contributed by atoms with Gasteiger partial charge in [0.15, 0.2) is 11.6 Å². The fraction of sp³-hybridized carbons (Fsp3) is 0.125. The SMILES string of the molecule is N#CC(N)c1c(Br)ccc(F)c1O. The van der Waals surface area contributed by atoms with Crippen molar-refractivity contribution in [3.8, 4) is 11.8 Å². The third-order valence-corrected chi connectivity index (χ3v) is 2.26. The van der Waals surface area contributed by atoms with Gasteiger partial charge in [-0.3, -0.25) is 0 Å². The van der Waals surface area contributed by atoms with Gasteiger partial charge in [0.2, 0.25) is 0 Å². The summed E-state index contributed by atoms with van der Waals surface area (Å²) in [5.74, 6) is -1.37. The molecule has 13 heavy (non-hydrogen) atoms. The first-order valence-electron chi connectivity index (χ1n) is 3.40. The van der Waals surface area contributed by atoms with Gasteiger partial charge in [0, 0.05) is 10.0 Å². The largest absolute Gasteiger partial charge is 0.505 e. The Hall–Kier alpha value is -1.12. The van der Waals surface area contributed by atoms with Gasteiger partial charge in [-0.15, -0.1) is 0 Å². The first-order chi connectivity index (χ1) is 6.07. The Labute approximate surface area is 82.7 Å². The number of nitrogens with two attached hydrogens (primary N) is 1. The van der Waals surface area contributed by atoms with Crippen molar-refractivity contribution in [2.45, 2.75) is 6.04 Å². The number of hydrogen-bond acceptors (Lipinski definition) is 3. The molecule has 0 aromatic heterocycles. The van der Waals surface area contributed by atoms with Crippen LogP contribution in [0.15, 0.2) is 16.6 Å². The predicted molar refractivity (Wildman–Crippen MR) is 48.3 cm³/mol. The highest BCUT2D eigenvalue weighted by Gasteiger charge is 2.17. The van der Waals surface area contributed by atoms with Crippen molar-refractivity contribution in [2.75, 3.05) is 0 Å². The third-order valence-electron chi connectivity index (χ3n) is 1.56. The highest BCUT2D eigenvalue weighted by Crippen LogP contribution is 2.32. The molecule has 0 heterocycles. The molecule has 3 nitrogen and oxygen atoms in total. The van der Waals surface area contributed by atoms with Crippen LogP contribution in [0.5, 0.6) is 5.75 Å². The van der Waals surface area contributed by atoms with E-state index in [9.17, 15) is 9.50 Å². The van der Waals surface area contributed by atoms with E-state index in [4.69, 9.17) is 11.0 Å². The number of phenols is 1. The van der Waals surface area contributed by atoms with Crippen molar-refractivity contribution in [3.05, 3.63) is 28.0 Å². The zero-order valence-corrected chi connectivity index (χ0v) is 8.05. The highest BCUT2D eigenvalue weighted by atomic mass is 79.9. The standard InChI is InChI=1S/C8H6BrFN2O/c9-4-1-2-5(10)8(13)7(4)6(12)3-11/h1-2,6,13H,12H2. The second-order valence-electron chi connectivity index (χ2n) is 2.40. The van der Waals surface area contributed by atoms with Gasteiger partial charge in [0.05, 0.1) is 6.07 Å². The molecule has 3 N–H and O–H groups in total. The molecule has 68 valence electrons. The van der Waals surface area contributed by atoms with Crippen molar-refractivity contribution >= 4 is 15.9 Å². The summed E-state index contributed by atoms with van der Waals surface area (Å²) < 4.78 is 13.2. The van der Waals surface area contributed by atoms with Gasteiger partial charge in [0.1, 0.15) is 6.04 Å². The number of nitrogens with zero attached hydrogens (tertiary/aromatic N) is 1. The molecule has 1 unspecified atom stereocenters. The molecule has 0 spiro atoms. The fourth-order valence-electron chi connectivity index (χ4n) is 0.917. The molecule has 0 bridgehead atoms. The molecule has 1 atom stereocenters. The number of benzene rings is 1. The lowest BCUT2D eigenvalue weighted by atomic mass is 10.1. The molecule has 1 aromatic carbocycles. The minimum absolute atomic E-state index is 0.0718. The maximum Gasteiger partial charge on any atom is 0.165 e. The average Bonchev–Trinajstić information content (AvgIpc) is 2.12. The van der Waals surface area contributed by atoms with Crippen LogP contribution < -0.4 is 5.73 Å². The van der Waals surface area contributed by atoms with Crippen molar-refractivity contribution in [1.82, 2.24) is 0 Å². The number of hydrogen-bond donors (Lipinski definition) is 2. The number of aromatic hydroxyl groups is 1. The Balaban J connectivity index is 3.35. The summed E-state index contributed by atoms with van der Waals surface area (Å²) in [5.41, 5.74) is 5.42. The predicted octanol–water partition coefficient (Wildman–Crippen LogP) is 1.82. The summed E-state index contributed by atoms with van der Waals surface area (Å²) in [6, 6.07) is 3.15. The molecular formula is C8H6BrFN2O. The second-order valence-corrected chi connectivity index (χ2v) is 3.25. The van der Waals surface area contributed by atoms with E-state index in [-0.39, 0.29) is 5.56 Å². The van der Waals surface area contributed by atoms with Crippen LogP contribution in [0.3, 0.4) is 0 Å². The normalized spacial score (nSPS) is 12.2. The molecule has 0 aliphatic rings. The van der Waals surface area contributed by atoms with Gasteiger partial charge in [-0.1, -0.05) is 15.9 Å². The van der Waals surface area contributed by atoms with Gasteiger partial charge in [-0.2, -0.15) is 5.26 Å². The molecule has 0 amide bonds. The lowest BCUT2D eigenvalue weighted by molar-refractivity contribution is 0.423. The quantitative estimate of drug-likeness (QED) is 0.792. The Bertz CT molecular complexity index is 375. The van der Waals surface area contributed by atoms with Gasteiger partial charge in [-0.25, -0.2) is 4.39 Å².